The Hall–Kier alpha value is -0.390. The fourth-order valence-corrected chi connectivity index (χ4v) is 4.52. The van der Waals surface area contributed by atoms with Gasteiger partial charge in [0.15, 0.2) is 0 Å². The molecule has 2 atom stereocenters. The summed E-state index contributed by atoms with van der Waals surface area (Å²) in [7, 11) is -3.37. The van der Waals surface area contributed by atoms with Gasteiger partial charge in [0.1, 0.15) is 0 Å². The van der Waals surface area contributed by atoms with Crippen molar-refractivity contribution in [2.45, 2.75) is 48.8 Å². The van der Waals surface area contributed by atoms with Gasteiger partial charge in [-0.25, -0.2) is 13.1 Å². The van der Waals surface area contributed by atoms with Gasteiger partial charge in [-0.05, 0) is 42.9 Å². The van der Waals surface area contributed by atoms with Crippen molar-refractivity contribution in [3.63, 3.8) is 0 Å². The monoisotopic (exact) mass is 359 g/mol. The summed E-state index contributed by atoms with van der Waals surface area (Å²) in [5, 5.41) is 0. The summed E-state index contributed by atoms with van der Waals surface area (Å²) in [6.45, 7) is 2.64. The molecule has 0 radical (unpaired) electrons. The third kappa shape index (κ3) is 4.06. The second-order valence-electron chi connectivity index (χ2n) is 5.45. The lowest BCUT2D eigenvalue weighted by Gasteiger charge is -2.15. The van der Waals surface area contributed by atoms with Crippen molar-refractivity contribution < 1.29 is 8.42 Å². The number of rotatable bonds is 6. The Kier molecular flexibility index (Phi) is 5.64. The van der Waals surface area contributed by atoms with Crippen LogP contribution in [-0.4, -0.2) is 19.8 Å². The molecule has 1 N–H and O–H groups in total. The molecule has 112 valence electrons. The number of benzene rings is 1. The van der Waals surface area contributed by atoms with E-state index in [1.807, 2.05) is 12.1 Å². The van der Waals surface area contributed by atoms with Crippen molar-refractivity contribution in [2.24, 2.45) is 5.92 Å². The van der Waals surface area contributed by atoms with Gasteiger partial charge in [-0.2, -0.15) is 0 Å². The van der Waals surface area contributed by atoms with Crippen LogP contribution in [0.3, 0.4) is 0 Å². The molecule has 1 aromatic rings. The summed E-state index contributed by atoms with van der Waals surface area (Å²) >= 11 is 3.62. The Morgan fingerprint density at radius 2 is 1.95 bits per heavy atom. The zero-order chi connectivity index (χ0) is 14.6. The molecular weight excluding hydrogens is 338 g/mol. The van der Waals surface area contributed by atoms with E-state index >= 15 is 0 Å². The molecule has 20 heavy (non-hydrogen) atoms. The Morgan fingerprint density at radius 3 is 2.50 bits per heavy atom. The number of hydrogen-bond donors (Lipinski definition) is 1. The number of sulfonamides is 1. The predicted octanol–water partition coefficient (Wildman–Crippen LogP) is 3.48. The number of nitrogens with one attached hydrogen (secondary N) is 1. The maximum absolute atomic E-state index is 12.2. The van der Waals surface area contributed by atoms with Crippen LogP contribution in [0.4, 0.5) is 0 Å². The van der Waals surface area contributed by atoms with Crippen LogP contribution >= 0.6 is 15.9 Å². The van der Waals surface area contributed by atoms with Crippen LogP contribution in [0.15, 0.2) is 29.2 Å². The van der Waals surface area contributed by atoms with Gasteiger partial charge in [0.25, 0.3) is 0 Å². The predicted molar refractivity (Wildman–Crippen MR) is 85.7 cm³/mol. The zero-order valence-electron chi connectivity index (χ0n) is 11.8. The summed E-state index contributed by atoms with van der Waals surface area (Å²) in [6, 6.07) is 7.21. The van der Waals surface area contributed by atoms with Crippen LogP contribution in [-0.2, 0) is 16.4 Å². The molecule has 0 aliphatic heterocycles. The molecule has 2 rings (SSSR count). The molecule has 1 aliphatic carbocycles. The maximum Gasteiger partial charge on any atom is 0.240 e. The van der Waals surface area contributed by atoms with Gasteiger partial charge in [0.05, 0.1) is 4.90 Å². The Morgan fingerprint density at radius 1 is 1.25 bits per heavy atom. The van der Waals surface area contributed by atoms with E-state index in [1.165, 1.54) is 12.0 Å². The van der Waals surface area contributed by atoms with E-state index in [0.717, 1.165) is 25.7 Å². The van der Waals surface area contributed by atoms with E-state index in [4.69, 9.17) is 0 Å². The van der Waals surface area contributed by atoms with E-state index in [2.05, 4.69) is 27.6 Å². The van der Waals surface area contributed by atoms with Crippen molar-refractivity contribution >= 4 is 26.0 Å². The van der Waals surface area contributed by atoms with Gasteiger partial charge in [-0.15, -0.1) is 0 Å². The largest absolute Gasteiger partial charge is 0.240 e. The normalized spacial score (nSPS) is 23.1. The van der Waals surface area contributed by atoms with E-state index < -0.39 is 10.0 Å². The Labute approximate surface area is 130 Å². The highest BCUT2D eigenvalue weighted by molar-refractivity contribution is 9.09. The first-order chi connectivity index (χ1) is 9.53. The minimum absolute atomic E-state index is 0.362. The molecule has 0 saturated heterocycles. The Bertz CT molecular complexity index is 527. The molecule has 5 heteroatoms. The standard InChI is InChI=1S/C15H22BrNO2S/c1-2-4-12-7-9-14(10-8-12)20(18,19)17-11-13-5-3-6-15(13)16/h7-10,13,15,17H,2-6,11H2,1H3. The lowest BCUT2D eigenvalue weighted by molar-refractivity contribution is 0.529. The van der Waals surface area contributed by atoms with Crippen LogP contribution in [0.5, 0.6) is 0 Å². The first kappa shape index (κ1) is 16.0. The molecule has 2 unspecified atom stereocenters. The lowest BCUT2D eigenvalue weighted by Crippen LogP contribution is -2.31. The smallest absolute Gasteiger partial charge is 0.211 e. The quantitative estimate of drug-likeness (QED) is 0.790. The molecule has 0 aromatic heterocycles. The molecule has 0 bridgehead atoms. The summed E-state index contributed by atoms with van der Waals surface area (Å²) in [6.07, 6.45) is 5.46. The maximum atomic E-state index is 12.2. The molecule has 1 aromatic carbocycles. The van der Waals surface area contributed by atoms with Gasteiger partial charge in [-0.1, -0.05) is 47.8 Å². The highest BCUT2D eigenvalue weighted by atomic mass is 79.9. The van der Waals surface area contributed by atoms with Gasteiger partial charge in [-0.3, -0.25) is 0 Å². The lowest BCUT2D eigenvalue weighted by atomic mass is 10.1. The second kappa shape index (κ2) is 7.05. The van der Waals surface area contributed by atoms with Crippen LogP contribution in [0.2, 0.25) is 0 Å². The topological polar surface area (TPSA) is 46.2 Å². The second-order valence-corrected chi connectivity index (χ2v) is 8.40. The van der Waals surface area contributed by atoms with E-state index in [-0.39, 0.29) is 0 Å². The first-order valence-electron chi connectivity index (χ1n) is 7.25. The van der Waals surface area contributed by atoms with E-state index in [9.17, 15) is 8.42 Å². The summed E-state index contributed by atoms with van der Waals surface area (Å²) in [5.74, 6) is 0.407. The summed E-state index contributed by atoms with van der Waals surface area (Å²) < 4.78 is 27.2. The highest BCUT2D eigenvalue weighted by Gasteiger charge is 2.26. The minimum atomic E-state index is -3.37. The number of halogens is 1. The number of aryl methyl sites for hydroxylation is 1. The molecule has 0 spiro atoms. The molecule has 1 fully saturated rings. The number of alkyl halides is 1. The molecular formula is C15H22BrNO2S. The van der Waals surface area contributed by atoms with Crippen molar-refractivity contribution in [3.8, 4) is 0 Å². The number of hydrogen-bond acceptors (Lipinski definition) is 2. The molecule has 0 heterocycles. The molecule has 3 nitrogen and oxygen atoms in total. The zero-order valence-corrected chi connectivity index (χ0v) is 14.2. The van der Waals surface area contributed by atoms with Crippen LogP contribution < -0.4 is 4.72 Å². The van der Waals surface area contributed by atoms with E-state index in [1.54, 1.807) is 12.1 Å². The van der Waals surface area contributed by atoms with Crippen molar-refractivity contribution in [1.29, 1.82) is 0 Å². The van der Waals surface area contributed by atoms with Gasteiger partial charge < -0.3 is 0 Å². The molecule has 1 saturated carbocycles. The van der Waals surface area contributed by atoms with Crippen LogP contribution in [0.1, 0.15) is 38.2 Å². The minimum Gasteiger partial charge on any atom is -0.211 e. The van der Waals surface area contributed by atoms with Crippen molar-refractivity contribution in [3.05, 3.63) is 29.8 Å². The summed E-state index contributed by atoms with van der Waals surface area (Å²) in [5.41, 5.74) is 1.18. The average Bonchev–Trinajstić information content (AvgIpc) is 2.83. The molecule has 0 amide bonds. The van der Waals surface area contributed by atoms with Gasteiger partial charge in [0, 0.05) is 11.4 Å². The fourth-order valence-electron chi connectivity index (χ4n) is 2.65. The fraction of sp³-hybridized carbons (Fsp3) is 0.600. The molecule has 1 aliphatic rings. The third-order valence-corrected chi connectivity index (χ3v) is 6.52. The summed E-state index contributed by atoms with van der Waals surface area (Å²) in [4.78, 5) is 0.804. The van der Waals surface area contributed by atoms with Crippen LogP contribution in [0.25, 0.3) is 0 Å². The van der Waals surface area contributed by atoms with Crippen molar-refractivity contribution in [2.75, 3.05) is 6.54 Å². The average molecular weight is 360 g/mol. The highest BCUT2D eigenvalue weighted by Crippen LogP contribution is 2.31. The first-order valence-corrected chi connectivity index (χ1v) is 9.65. The van der Waals surface area contributed by atoms with Gasteiger partial charge in [0.2, 0.25) is 10.0 Å². The van der Waals surface area contributed by atoms with E-state index in [0.29, 0.717) is 22.2 Å². The Balaban J connectivity index is 1.98. The van der Waals surface area contributed by atoms with Crippen LogP contribution in [0, 0.1) is 5.92 Å². The third-order valence-electron chi connectivity index (χ3n) is 3.87. The SMILES string of the molecule is CCCc1ccc(S(=O)(=O)NCC2CCCC2Br)cc1. The van der Waals surface area contributed by atoms with Crippen molar-refractivity contribution in [1.82, 2.24) is 4.72 Å². The van der Waals surface area contributed by atoms with Gasteiger partial charge >= 0.3 is 0 Å².